The molecule has 1 N–H and O–H groups in total. The van der Waals surface area contributed by atoms with Crippen molar-refractivity contribution < 1.29 is 9.53 Å². The van der Waals surface area contributed by atoms with Crippen LogP contribution in [0.5, 0.6) is 0 Å². The molecule has 0 atom stereocenters. The van der Waals surface area contributed by atoms with E-state index in [1.807, 2.05) is 20.8 Å². The number of hydrogen-bond donors (Lipinski definition) is 1. The third kappa shape index (κ3) is 6.62. The van der Waals surface area contributed by atoms with E-state index in [2.05, 4.69) is 33.6 Å². The SMILES string of the molecule is CCN(CC)CCn1cncc1CNC(=O)OC(C)(C)C. The molecule has 0 radical (unpaired) electrons. The highest BCUT2D eigenvalue weighted by atomic mass is 16.6. The molecule has 0 fully saturated rings. The largest absolute Gasteiger partial charge is 0.444 e. The van der Waals surface area contributed by atoms with Crippen LogP contribution in [0, 0.1) is 0 Å². The van der Waals surface area contributed by atoms with Crippen LogP contribution in [0.4, 0.5) is 4.79 Å². The van der Waals surface area contributed by atoms with Crippen molar-refractivity contribution in [2.75, 3.05) is 19.6 Å². The van der Waals surface area contributed by atoms with Crippen molar-refractivity contribution in [3.63, 3.8) is 0 Å². The van der Waals surface area contributed by atoms with Gasteiger partial charge in [0.1, 0.15) is 5.60 Å². The Bertz CT molecular complexity index is 433. The van der Waals surface area contributed by atoms with Crippen LogP contribution in [-0.4, -0.2) is 45.8 Å². The number of aromatic nitrogens is 2. The highest BCUT2D eigenvalue weighted by Crippen LogP contribution is 2.07. The fourth-order valence-corrected chi connectivity index (χ4v) is 1.96. The lowest BCUT2D eigenvalue weighted by atomic mass is 10.2. The van der Waals surface area contributed by atoms with Crippen molar-refractivity contribution >= 4 is 6.09 Å². The predicted octanol–water partition coefficient (Wildman–Crippen LogP) is 2.25. The average Bonchev–Trinajstić information content (AvgIpc) is 2.83. The molecule has 1 aromatic rings. The fraction of sp³-hybridized carbons (Fsp3) is 0.733. The molecule has 6 heteroatoms. The Labute approximate surface area is 127 Å². The minimum absolute atomic E-state index is 0.404. The van der Waals surface area contributed by atoms with Gasteiger partial charge in [0.25, 0.3) is 0 Å². The molecule has 6 nitrogen and oxygen atoms in total. The first-order valence-electron chi connectivity index (χ1n) is 7.54. The summed E-state index contributed by atoms with van der Waals surface area (Å²) in [6.45, 7) is 14.2. The Kier molecular flexibility index (Phi) is 6.68. The van der Waals surface area contributed by atoms with Gasteiger partial charge in [-0.05, 0) is 33.9 Å². The lowest BCUT2D eigenvalue weighted by Crippen LogP contribution is -2.33. The number of hydrogen-bond acceptors (Lipinski definition) is 4. The highest BCUT2D eigenvalue weighted by Gasteiger charge is 2.16. The summed E-state index contributed by atoms with van der Waals surface area (Å²) in [7, 11) is 0. The van der Waals surface area contributed by atoms with E-state index < -0.39 is 11.7 Å². The maximum atomic E-state index is 11.7. The van der Waals surface area contributed by atoms with Crippen molar-refractivity contribution in [1.82, 2.24) is 19.8 Å². The molecule has 0 unspecified atom stereocenters. The first-order chi connectivity index (χ1) is 9.85. The molecule has 0 aliphatic carbocycles. The summed E-state index contributed by atoms with van der Waals surface area (Å²) in [4.78, 5) is 18.2. The number of rotatable bonds is 7. The Hall–Kier alpha value is -1.56. The van der Waals surface area contributed by atoms with E-state index in [-0.39, 0.29) is 0 Å². The second-order valence-electron chi connectivity index (χ2n) is 5.96. The Morgan fingerprint density at radius 3 is 2.62 bits per heavy atom. The van der Waals surface area contributed by atoms with Crippen LogP contribution in [0.3, 0.4) is 0 Å². The number of nitrogens with one attached hydrogen (secondary N) is 1. The highest BCUT2D eigenvalue weighted by molar-refractivity contribution is 5.67. The van der Waals surface area contributed by atoms with Crippen LogP contribution in [0.15, 0.2) is 12.5 Å². The van der Waals surface area contributed by atoms with E-state index in [9.17, 15) is 4.79 Å². The molecule has 0 aliphatic rings. The monoisotopic (exact) mass is 296 g/mol. The maximum Gasteiger partial charge on any atom is 0.407 e. The van der Waals surface area contributed by atoms with Gasteiger partial charge in [0.2, 0.25) is 0 Å². The molecule has 1 heterocycles. The second-order valence-corrected chi connectivity index (χ2v) is 5.96. The van der Waals surface area contributed by atoms with Crippen LogP contribution in [0.2, 0.25) is 0 Å². The van der Waals surface area contributed by atoms with Crippen molar-refractivity contribution in [1.29, 1.82) is 0 Å². The number of amides is 1. The zero-order valence-electron chi connectivity index (χ0n) is 13.8. The first-order valence-corrected chi connectivity index (χ1v) is 7.54. The summed E-state index contributed by atoms with van der Waals surface area (Å²) in [5, 5.41) is 2.76. The smallest absolute Gasteiger partial charge is 0.407 e. The summed E-state index contributed by atoms with van der Waals surface area (Å²) in [5.74, 6) is 0. The van der Waals surface area contributed by atoms with Gasteiger partial charge in [-0.25, -0.2) is 9.78 Å². The average molecular weight is 296 g/mol. The molecule has 0 spiro atoms. The molecule has 0 saturated carbocycles. The minimum atomic E-state index is -0.479. The molecular weight excluding hydrogens is 268 g/mol. The van der Waals surface area contributed by atoms with E-state index in [1.165, 1.54) is 0 Å². The van der Waals surface area contributed by atoms with E-state index in [0.717, 1.165) is 31.9 Å². The minimum Gasteiger partial charge on any atom is -0.444 e. The third-order valence-electron chi connectivity index (χ3n) is 3.16. The molecule has 0 aromatic carbocycles. The van der Waals surface area contributed by atoms with Gasteiger partial charge in [0.15, 0.2) is 0 Å². The van der Waals surface area contributed by atoms with E-state index in [4.69, 9.17) is 4.74 Å². The van der Waals surface area contributed by atoms with Gasteiger partial charge in [-0.2, -0.15) is 0 Å². The Balaban J connectivity index is 2.46. The number of carbonyl (C=O) groups excluding carboxylic acids is 1. The van der Waals surface area contributed by atoms with Gasteiger partial charge in [-0.3, -0.25) is 0 Å². The molecule has 21 heavy (non-hydrogen) atoms. The Morgan fingerprint density at radius 2 is 2.05 bits per heavy atom. The molecule has 0 aliphatic heterocycles. The van der Waals surface area contributed by atoms with Gasteiger partial charge in [0, 0.05) is 19.3 Å². The number of alkyl carbamates (subject to hydrolysis) is 1. The summed E-state index contributed by atoms with van der Waals surface area (Å²) in [6, 6.07) is 0. The lowest BCUT2D eigenvalue weighted by molar-refractivity contribution is 0.0522. The third-order valence-corrected chi connectivity index (χ3v) is 3.16. The van der Waals surface area contributed by atoms with Crippen LogP contribution < -0.4 is 5.32 Å². The van der Waals surface area contributed by atoms with E-state index in [1.54, 1.807) is 12.5 Å². The fourth-order valence-electron chi connectivity index (χ4n) is 1.96. The van der Waals surface area contributed by atoms with Gasteiger partial charge in [0.05, 0.1) is 18.6 Å². The van der Waals surface area contributed by atoms with E-state index in [0.29, 0.717) is 6.54 Å². The van der Waals surface area contributed by atoms with Crippen molar-refractivity contribution in [2.45, 2.75) is 53.3 Å². The zero-order valence-corrected chi connectivity index (χ0v) is 13.8. The van der Waals surface area contributed by atoms with Crippen LogP contribution in [-0.2, 0) is 17.8 Å². The van der Waals surface area contributed by atoms with Crippen LogP contribution in [0.1, 0.15) is 40.3 Å². The molecular formula is C15H28N4O2. The second kappa shape index (κ2) is 8.02. The van der Waals surface area contributed by atoms with Gasteiger partial charge < -0.3 is 19.5 Å². The van der Waals surface area contributed by atoms with Gasteiger partial charge >= 0.3 is 6.09 Å². The summed E-state index contributed by atoms with van der Waals surface area (Å²) in [5.41, 5.74) is 0.501. The summed E-state index contributed by atoms with van der Waals surface area (Å²) < 4.78 is 7.29. The van der Waals surface area contributed by atoms with Gasteiger partial charge in [-0.1, -0.05) is 13.8 Å². The summed E-state index contributed by atoms with van der Waals surface area (Å²) in [6.07, 6.45) is 3.17. The molecule has 1 rings (SSSR count). The molecule has 120 valence electrons. The molecule has 0 saturated heterocycles. The van der Waals surface area contributed by atoms with E-state index >= 15 is 0 Å². The standard InChI is InChI=1S/C15H28N4O2/c1-6-18(7-2)8-9-19-12-16-10-13(19)11-17-14(20)21-15(3,4)5/h10,12H,6-9,11H2,1-5H3,(H,17,20). The molecule has 1 aromatic heterocycles. The van der Waals surface area contributed by atoms with Crippen LogP contribution >= 0.6 is 0 Å². The maximum absolute atomic E-state index is 11.7. The Morgan fingerprint density at radius 1 is 1.38 bits per heavy atom. The topological polar surface area (TPSA) is 59.4 Å². The van der Waals surface area contributed by atoms with Gasteiger partial charge in [-0.15, -0.1) is 0 Å². The molecule has 0 bridgehead atoms. The normalized spacial score (nSPS) is 11.7. The molecule has 1 amide bonds. The number of nitrogens with zero attached hydrogens (tertiary/aromatic N) is 3. The number of carbonyl (C=O) groups is 1. The van der Waals surface area contributed by atoms with Crippen molar-refractivity contribution in [3.05, 3.63) is 18.2 Å². The number of imidazole rings is 1. The van der Waals surface area contributed by atoms with Crippen LogP contribution in [0.25, 0.3) is 0 Å². The van der Waals surface area contributed by atoms with Crippen molar-refractivity contribution in [3.8, 4) is 0 Å². The quantitative estimate of drug-likeness (QED) is 0.838. The first kappa shape index (κ1) is 17.5. The predicted molar refractivity (Wildman–Crippen MR) is 83.1 cm³/mol. The zero-order chi connectivity index (χ0) is 15.9. The number of likely N-dealkylation sites (N-methyl/N-ethyl adjacent to an activating group) is 1. The summed E-state index contributed by atoms with van der Waals surface area (Å²) >= 11 is 0. The van der Waals surface area contributed by atoms with Crippen molar-refractivity contribution in [2.24, 2.45) is 0 Å². The lowest BCUT2D eigenvalue weighted by Gasteiger charge is -2.20. The number of ether oxygens (including phenoxy) is 1.